The molecule has 1 aliphatic heterocycles. The van der Waals surface area contributed by atoms with Gasteiger partial charge in [-0.2, -0.15) is 0 Å². The fourth-order valence-corrected chi connectivity index (χ4v) is 8.40. The average molecular weight is 885 g/mol. The number of aromatic nitrogens is 4. The van der Waals surface area contributed by atoms with E-state index in [0.717, 1.165) is 38.5 Å². The maximum absolute atomic E-state index is 14.7. The summed E-state index contributed by atoms with van der Waals surface area (Å²) in [6, 6.07) is 18.2. The number of fused-ring (bicyclic) bond motifs is 2. The standard InChI is InChI=1S/C47H56N12O6/c48-17-9-8-16-38(43(50)61)56-46(64)39(18-28-10-2-1-3-11-28)58-47(65)41(20-30-24-53-37-15-7-5-13-34(30)37)59-26-32(22-42(59)60)55-45(63)40(19-29-23-52-36-14-6-4-12-33(29)36)57-44(62)35(49)21-31-25-51-27-54-31/h1-7,10-15,23-25,27,32,35,38-41,52-53H,8-9,16-22,26,48-49H2,(H2,50,61)(H,51,54)(H,55,63)(H,56,64)(H,57,62)(H,58,65)/t32-,35+,38+,39-,40-,41+/m1/s1. The molecule has 0 spiro atoms. The molecule has 0 unspecified atom stereocenters. The minimum atomic E-state index is -1.16. The Hall–Kier alpha value is -7.31. The molecule has 0 bridgehead atoms. The topological polar surface area (TPSA) is 292 Å². The number of rotatable bonds is 22. The molecule has 0 radical (unpaired) electrons. The second kappa shape index (κ2) is 21.4. The van der Waals surface area contributed by atoms with Gasteiger partial charge in [0.25, 0.3) is 0 Å². The number of nitrogens with zero attached hydrogens (tertiary/aromatic N) is 2. The number of hydrogen-bond acceptors (Lipinski definition) is 9. The van der Waals surface area contributed by atoms with E-state index in [0.29, 0.717) is 25.1 Å². The van der Waals surface area contributed by atoms with Crippen molar-refractivity contribution < 1.29 is 28.8 Å². The summed E-state index contributed by atoms with van der Waals surface area (Å²) in [7, 11) is 0. The molecule has 65 heavy (non-hydrogen) atoms. The molecule has 6 amide bonds. The molecule has 1 saturated heterocycles. The zero-order chi connectivity index (χ0) is 45.9. The van der Waals surface area contributed by atoms with Crippen LogP contribution in [0.3, 0.4) is 0 Å². The summed E-state index contributed by atoms with van der Waals surface area (Å²) in [6.45, 7) is 0.367. The minimum Gasteiger partial charge on any atom is -0.368 e. The van der Waals surface area contributed by atoms with Crippen LogP contribution < -0.4 is 38.5 Å². The van der Waals surface area contributed by atoms with E-state index in [-0.39, 0.29) is 45.1 Å². The lowest BCUT2D eigenvalue weighted by atomic mass is 10.0. The number of nitrogens with two attached hydrogens (primary N) is 3. The van der Waals surface area contributed by atoms with Crippen molar-refractivity contribution >= 4 is 57.2 Å². The van der Waals surface area contributed by atoms with Gasteiger partial charge in [0.2, 0.25) is 35.4 Å². The second-order valence-electron chi connectivity index (χ2n) is 16.5. The summed E-state index contributed by atoms with van der Waals surface area (Å²) in [5.74, 6) is -3.42. The van der Waals surface area contributed by atoms with E-state index in [1.165, 1.54) is 11.2 Å². The molecule has 13 N–H and O–H groups in total. The summed E-state index contributed by atoms with van der Waals surface area (Å²) < 4.78 is 0. The lowest BCUT2D eigenvalue weighted by Crippen LogP contribution is -2.58. The highest BCUT2D eigenvalue weighted by Crippen LogP contribution is 2.25. The van der Waals surface area contributed by atoms with Crippen LogP contribution in [0.1, 0.15) is 48.1 Å². The first-order valence-electron chi connectivity index (χ1n) is 21.8. The normalized spacial score (nSPS) is 16.1. The van der Waals surface area contributed by atoms with Crippen LogP contribution in [0.25, 0.3) is 21.8 Å². The van der Waals surface area contributed by atoms with Crippen molar-refractivity contribution in [2.24, 2.45) is 17.2 Å². The number of imidazole rings is 1. The molecule has 0 saturated carbocycles. The molecule has 340 valence electrons. The number of amides is 6. The van der Waals surface area contributed by atoms with E-state index in [1.807, 2.05) is 78.9 Å². The molecule has 6 atom stereocenters. The molecule has 3 aromatic heterocycles. The number of hydrogen-bond donors (Lipinski definition) is 10. The Bertz CT molecular complexity index is 2590. The lowest BCUT2D eigenvalue weighted by molar-refractivity contribution is -0.139. The van der Waals surface area contributed by atoms with Gasteiger partial charge in [0.15, 0.2) is 0 Å². The van der Waals surface area contributed by atoms with Crippen LogP contribution in [-0.4, -0.2) is 110 Å². The number of aromatic amines is 3. The Balaban J connectivity index is 1.13. The van der Waals surface area contributed by atoms with Crippen molar-refractivity contribution in [1.82, 2.24) is 46.1 Å². The van der Waals surface area contributed by atoms with Gasteiger partial charge in [-0.1, -0.05) is 66.7 Å². The van der Waals surface area contributed by atoms with Crippen LogP contribution in [-0.2, 0) is 54.5 Å². The van der Waals surface area contributed by atoms with Gasteiger partial charge in [-0.3, -0.25) is 28.8 Å². The van der Waals surface area contributed by atoms with E-state index >= 15 is 0 Å². The minimum absolute atomic E-state index is 0.0431. The fourth-order valence-electron chi connectivity index (χ4n) is 8.40. The molecule has 18 nitrogen and oxygen atoms in total. The van der Waals surface area contributed by atoms with Crippen molar-refractivity contribution in [3.63, 3.8) is 0 Å². The Morgan fingerprint density at radius 1 is 0.708 bits per heavy atom. The predicted octanol–water partition coefficient (Wildman–Crippen LogP) is 1.12. The van der Waals surface area contributed by atoms with E-state index in [9.17, 15) is 28.8 Å². The first-order chi connectivity index (χ1) is 31.5. The largest absolute Gasteiger partial charge is 0.368 e. The Morgan fingerprint density at radius 2 is 1.32 bits per heavy atom. The quantitative estimate of drug-likeness (QED) is 0.0437. The molecular weight excluding hydrogens is 829 g/mol. The van der Waals surface area contributed by atoms with Crippen LogP contribution >= 0.6 is 0 Å². The number of likely N-dealkylation sites (tertiary alicyclic amines) is 1. The molecular formula is C47H56N12O6. The molecule has 3 aromatic carbocycles. The van der Waals surface area contributed by atoms with Crippen molar-refractivity contribution in [1.29, 1.82) is 0 Å². The first-order valence-corrected chi connectivity index (χ1v) is 21.8. The number of carbonyl (C=O) groups excluding carboxylic acids is 6. The summed E-state index contributed by atoms with van der Waals surface area (Å²) in [4.78, 5) is 97.9. The van der Waals surface area contributed by atoms with Crippen molar-refractivity contribution in [2.75, 3.05) is 13.1 Å². The second-order valence-corrected chi connectivity index (χ2v) is 16.5. The number of benzene rings is 3. The molecule has 18 heteroatoms. The van der Waals surface area contributed by atoms with Crippen LogP contribution in [0.2, 0.25) is 0 Å². The highest BCUT2D eigenvalue weighted by atomic mass is 16.2. The maximum atomic E-state index is 14.7. The molecule has 4 heterocycles. The third-order valence-electron chi connectivity index (χ3n) is 11.9. The number of para-hydroxylation sites is 2. The van der Waals surface area contributed by atoms with Gasteiger partial charge in [0, 0.05) is 84.7 Å². The van der Waals surface area contributed by atoms with Crippen LogP contribution in [0.4, 0.5) is 0 Å². The van der Waals surface area contributed by atoms with E-state index in [2.05, 4.69) is 41.2 Å². The Labute approximate surface area is 375 Å². The van der Waals surface area contributed by atoms with Crippen molar-refractivity contribution in [2.45, 2.75) is 87.6 Å². The summed E-state index contributed by atoms with van der Waals surface area (Å²) in [5, 5.41) is 13.2. The Morgan fingerprint density at radius 3 is 1.97 bits per heavy atom. The van der Waals surface area contributed by atoms with Crippen LogP contribution in [0.5, 0.6) is 0 Å². The van der Waals surface area contributed by atoms with Gasteiger partial charge in [0.05, 0.1) is 18.4 Å². The van der Waals surface area contributed by atoms with Crippen molar-refractivity contribution in [3.8, 4) is 0 Å². The lowest BCUT2D eigenvalue weighted by Gasteiger charge is -2.30. The van der Waals surface area contributed by atoms with Crippen LogP contribution in [0, 0.1) is 0 Å². The molecule has 1 fully saturated rings. The molecule has 6 aromatic rings. The molecule has 0 aliphatic carbocycles. The van der Waals surface area contributed by atoms with Gasteiger partial charge in [-0.25, -0.2) is 4.98 Å². The summed E-state index contributed by atoms with van der Waals surface area (Å²) >= 11 is 0. The SMILES string of the molecule is NCCCC[C@H](NC(=O)[C@@H](Cc1ccccc1)NC(=O)[C@H](Cc1c[nH]c2ccccc12)N1C[C@H](NC(=O)[C@@H](Cc2c[nH]c3ccccc23)NC(=O)[C@@H](N)Cc2cnc[nH]2)CC1=O)C(N)=O. The predicted molar refractivity (Wildman–Crippen MR) is 244 cm³/mol. The number of H-pyrrole nitrogens is 3. The van der Waals surface area contributed by atoms with Crippen LogP contribution in [0.15, 0.2) is 104 Å². The summed E-state index contributed by atoms with van der Waals surface area (Å²) in [5.41, 5.74) is 22.3. The highest BCUT2D eigenvalue weighted by molar-refractivity contribution is 5.96. The van der Waals surface area contributed by atoms with Crippen molar-refractivity contribution in [3.05, 3.63) is 126 Å². The highest BCUT2D eigenvalue weighted by Gasteiger charge is 2.41. The monoisotopic (exact) mass is 884 g/mol. The number of nitrogens with one attached hydrogen (secondary N) is 7. The summed E-state index contributed by atoms with van der Waals surface area (Å²) in [6.07, 6.45) is 8.37. The van der Waals surface area contributed by atoms with Gasteiger partial charge in [0.1, 0.15) is 24.2 Å². The Kier molecular flexibility index (Phi) is 15.0. The van der Waals surface area contributed by atoms with Gasteiger partial charge < -0.3 is 58.3 Å². The van der Waals surface area contributed by atoms with Gasteiger partial charge in [-0.05, 0) is 54.6 Å². The zero-order valence-corrected chi connectivity index (χ0v) is 35.9. The third kappa shape index (κ3) is 11.6. The number of carbonyl (C=O) groups is 6. The molecule has 7 rings (SSSR count). The number of unbranched alkanes of at least 4 members (excludes halogenated alkanes) is 1. The number of primary amides is 1. The van der Waals surface area contributed by atoms with Gasteiger partial charge >= 0.3 is 0 Å². The van der Waals surface area contributed by atoms with E-state index < -0.39 is 71.7 Å². The van der Waals surface area contributed by atoms with E-state index in [4.69, 9.17) is 17.2 Å². The fraction of sp³-hybridized carbons (Fsp3) is 0.340. The van der Waals surface area contributed by atoms with E-state index in [1.54, 1.807) is 18.6 Å². The van der Waals surface area contributed by atoms with Gasteiger partial charge in [-0.15, -0.1) is 0 Å². The third-order valence-corrected chi connectivity index (χ3v) is 11.9. The average Bonchev–Trinajstić information content (AvgIpc) is 4.13. The smallest absolute Gasteiger partial charge is 0.243 e. The zero-order valence-electron chi connectivity index (χ0n) is 35.9. The molecule has 1 aliphatic rings. The maximum Gasteiger partial charge on any atom is 0.243 e. The first kappa shape index (κ1) is 45.7.